The summed E-state index contributed by atoms with van der Waals surface area (Å²) in [6.45, 7) is 6.69. The minimum Gasteiger partial charge on any atom is -0.462 e. The number of hydrogen-bond donors (Lipinski definition) is 0. The molecule has 380 valence electrons. The van der Waals surface area contributed by atoms with Crippen molar-refractivity contribution >= 4 is 17.9 Å². The Bertz CT molecular complexity index is 951. The molecule has 0 aromatic rings. The summed E-state index contributed by atoms with van der Waals surface area (Å²) in [5, 5.41) is 0. The summed E-state index contributed by atoms with van der Waals surface area (Å²) in [5.74, 6) is -0.835. The maximum Gasteiger partial charge on any atom is 0.306 e. The molecule has 0 saturated carbocycles. The van der Waals surface area contributed by atoms with Crippen LogP contribution in [0, 0.1) is 0 Å². The number of ether oxygens (including phenoxy) is 3. The van der Waals surface area contributed by atoms with Crippen molar-refractivity contribution in [3.8, 4) is 0 Å². The summed E-state index contributed by atoms with van der Waals surface area (Å²) in [6, 6.07) is 0. The molecule has 0 radical (unpaired) electrons. The predicted molar refractivity (Wildman–Crippen MR) is 275 cm³/mol. The van der Waals surface area contributed by atoms with Crippen LogP contribution in [0.5, 0.6) is 0 Å². The zero-order valence-corrected chi connectivity index (χ0v) is 43.6. The van der Waals surface area contributed by atoms with Gasteiger partial charge in [-0.25, -0.2) is 0 Å². The molecule has 6 nitrogen and oxygen atoms in total. The fourth-order valence-corrected chi connectivity index (χ4v) is 8.98. The molecule has 0 spiro atoms. The molecule has 0 rings (SSSR count). The molecule has 1 unspecified atom stereocenters. The van der Waals surface area contributed by atoms with Gasteiger partial charge < -0.3 is 14.2 Å². The second-order valence-corrected chi connectivity index (χ2v) is 19.9. The van der Waals surface area contributed by atoms with Crippen molar-refractivity contribution in [3.63, 3.8) is 0 Å². The van der Waals surface area contributed by atoms with E-state index in [4.69, 9.17) is 14.2 Å². The standard InChI is InChI=1S/C58H112O6/c1-4-7-10-13-16-19-22-24-26-27-28-29-30-31-33-34-36-39-42-45-48-51-57(60)63-54-55(53-62-56(59)50-47-44-41-38-21-18-15-12-9-6-3)64-58(61)52-49-46-43-40-37-35-32-25-23-20-17-14-11-8-5-2/h55H,4-54H2,1-3H3. The maximum atomic E-state index is 12.8. The summed E-state index contributed by atoms with van der Waals surface area (Å²) in [4.78, 5) is 38.0. The molecule has 0 heterocycles. The van der Waals surface area contributed by atoms with E-state index in [1.807, 2.05) is 0 Å². The Labute approximate surface area is 399 Å². The highest BCUT2D eigenvalue weighted by Crippen LogP contribution is 2.18. The van der Waals surface area contributed by atoms with Crippen LogP contribution in [0.4, 0.5) is 0 Å². The second kappa shape index (κ2) is 54.0. The second-order valence-electron chi connectivity index (χ2n) is 19.9. The average molecular weight is 906 g/mol. The van der Waals surface area contributed by atoms with E-state index in [-0.39, 0.29) is 31.1 Å². The van der Waals surface area contributed by atoms with Crippen molar-refractivity contribution in [1.82, 2.24) is 0 Å². The Hall–Kier alpha value is -1.59. The third kappa shape index (κ3) is 51.4. The lowest BCUT2D eigenvalue weighted by Crippen LogP contribution is -2.30. The van der Waals surface area contributed by atoms with Crippen LogP contribution in [-0.4, -0.2) is 37.2 Å². The van der Waals surface area contributed by atoms with Crippen molar-refractivity contribution in [2.45, 2.75) is 341 Å². The molecule has 0 fully saturated rings. The largest absolute Gasteiger partial charge is 0.462 e. The van der Waals surface area contributed by atoms with Crippen molar-refractivity contribution in [3.05, 3.63) is 0 Å². The van der Waals surface area contributed by atoms with E-state index in [1.54, 1.807) is 0 Å². The van der Waals surface area contributed by atoms with E-state index >= 15 is 0 Å². The van der Waals surface area contributed by atoms with Gasteiger partial charge in [-0.1, -0.05) is 297 Å². The highest BCUT2D eigenvalue weighted by Gasteiger charge is 2.19. The number of esters is 3. The Morgan fingerprint density at radius 3 is 0.625 bits per heavy atom. The van der Waals surface area contributed by atoms with Crippen LogP contribution >= 0.6 is 0 Å². The van der Waals surface area contributed by atoms with Gasteiger partial charge in [0.2, 0.25) is 0 Å². The van der Waals surface area contributed by atoms with Crippen molar-refractivity contribution in [2.24, 2.45) is 0 Å². The summed E-state index contributed by atoms with van der Waals surface area (Å²) in [6.07, 6.45) is 59.6. The fraction of sp³-hybridized carbons (Fsp3) is 0.948. The summed E-state index contributed by atoms with van der Waals surface area (Å²) in [5.41, 5.74) is 0. The molecule has 0 aliphatic heterocycles. The SMILES string of the molecule is CCCCCCCCCCCCCCCCCCCCCCCC(=O)OCC(COC(=O)CCCCCCCCCCCC)OC(=O)CCCCCCCCCCCCCCCCC. The Kier molecular flexibility index (Phi) is 52.7. The van der Waals surface area contributed by atoms with E-state index in [0.717, 1.165) is 57.8 Å². The molecule has 0 aromatic carbocycles. The minimum absolute atomic E-state index is 0.0613. The summed E-state index contributed by atoms with van der Waals surface area (Å²) in [7, 11) is 0. The zero-order valence-electron chi connectivity index (χ0n) is 43.6. The van der Waals surface area contributed by atoms with E-state index < -0.39 is 6.10 Å². The molecule has 0 saturated heterocycles. The Morgan fingerprint density at radius 1 is 0.250 bits per heavy atom. The molecular weight excluding hydrogens is 793 g/mol. The van der Waals surface area contributed by atoms with Crippen LogP contribution in [0.25, 0.3) is 0 Å². The van der Waals surface area contributed by atoms with Gasteiger partial charge >= 0.3 is 17.9 Å². The number of carbonyl (C=O) groups is 3. The highest BCUT2D eigenvalue weighted by atomic mass is 16.6. The van der Waals surface area contributed by atoms with E-state index in [1.165, 1.54) is 238 Å². The van der Waals surface area contributed by atoms with Crippen molar-refractivity contribution in [1.29, 1.82) is 0 Å². The normalized spacial score (nSPS) is 11.9. The van der Waals surface area contributed by atoms with Crippen molar-refractivity contribution < 1.29 is 28.6 Å². The zero-order chi connectivity index (χ0) is 46.5. The van der Waals surface area contributed by atoms with Gasteiger partial charge in [-0.15, -0.1) is 0 Å². The molecule has 0 N–H and O–H groups in total. The van der Waals surface area contributed by atoms with Crippen LogP contribution < -0.4 is 0 Å². The smallest absolute Gasteiger partial charge is 0.306 e. The van der Waals surface area contributed by atoms with Gasteiger partial charge in [0.15, 0.2) is 6.10 Å². The third-order valence-electron chi connectivity index (χ3n) is 13.4. The third-order valence-corrected chi connectivity index (χ3v) is 13.4. The van der Waals surface area contributed by atoms with E-state index in [0.29, 0.717) is 19.3 Å². The van der Waals surface area contributed by atoms with Crippen molar-refractivity contribution in [2.75, 3.05) is 13.2 Å². The Balaban J connectivity index is 4.19. The monoisotopic (exact) mass is 905 g/mol. The van der Waals surface area contributed by atoms with Crippen LogP contribution in [0.2, 0.25) is 0 Å². The first-order valence-corrected chi connectivity index (χ1v) is 29.0. The van der Waals surface area contributed by atoms with Gasteiger partial charge in [0.25, 0.3) is 0 Å². The van der Waals surface area contributed by atoms with Gasteiger partial charge in [0, 0.05) is 19.3 Å². The molecule has 6 heteroatoms. The van der Waals surface area contributed by atoms with E-state index in [2.05, 4.69) is 20.8 Å². The molecule has 1 atom stereocenters. The first kappa shape index (κ1) is 62.4. The van der Waals surface area contributed by atoms with Crippen LogP contribution in [0.3, 0.4) is 0 Å². The van der Waals surface area contributed by atoms with Gasteiger partial charge in [0.1, 0.15) is 13.2 Å². The maximum absolute atomic E-state index is 12.8. The minimum atomic E-state index is -0.760. The number of carbonyl (C=O) groups excluding carboxylic acids is 3. The molecule has 0 aromatic heterocycles. The lowest BCUT2D eigenvalue weighted by atomic mass is 10.0. The number of rotatable bonds is 54. The van der Waals surface area contributed by atoms with Crippen LogP contribution in [0.1, 0.15) is 335 Å². The van der Waals surface area contributed by atoms with Gasteiger partial charge in [-0.3, -0.25) is 14.4 Å². The number of unbranched alkanes of at least 4 members (excludes halogenated alkanes) is 43. The van der Waals surface area contributed by atoms with Gasteiger partial charge in [0.05, 0.1) is 0 Å². The summed E-state index contributed by atoms with van der Waals surface area (Å²) < 4.78 is 16.9. The molecular formula is C58H112O6. The molecule has 0 aliphatic carbocycles. The predicted octanol–water partition coefficient (Wildman–Crippen LogP) is 19.2. The lowest BCUT2D eigenvalue weighted by molar-refractivity contribution is -0.167. The average Bonchev–Trinajstić information content (AvgIpc) is 3.29. The van der Waals surface area contributed by atoms with E-state index in [9.17, 15) is 14.4 Å². The molecule has 0 bridgehead atoms. The summed E-state index contributed by atoms with van der Waals surface area (Å²) >= 11 is 0. The molecule has 0 aliphatic rings. The van der Waals surface area contributed by atoms with Gasteiger partial charge in [-0.05, 0) is 19.3 Å². The first-order chi connectivity index (χ1) is 31.5. The topological polar surface area (TPSA) is 78.9 Å². The highest BCUT2D eigenvalue weighted by molar-refractivity contribution is 5.71. The van der Waals surface area contributed by atoms with Crippen LogP contribution in [-0.2, 0) is 28.6 Å². The molecule has 0 amide bonds. The lowest BCUT2D eigenvalue weighted by Gasteiger charge is -2.18. The van der Waals surface area contributed by atoms with Gasteiger partial charge in [-0.2, -0.15) is 0 Å². The first-order valence-electron chi connectivity index (χ1n) is 29.0. The molecule has 64 heavy (non-hydrogen) atoms. The number of hydrogen-bond acceptors (Lipinski definition) is 6. The van der Waals surface area contributed by atoms with Crippen LogP contribution in [0.15, 0.2) is 0 Å². The Morgan fingerprint density at radius 2 is 0.422 bits per heavy atom. The quantitative estimate of drug-likeness (QED) is 0.0344. The fourth-order valence-electron chi connectivity index (χ4n) is 8.98.